The quantitative estimate of drug-likeness (QED) is 0.888. The van der Waals surface area contributed by atoms with E-state index in [9.17, 15) is 8.42 Å². The molecule has 3 N–H and O–H groups in total. The third-order valence-electron chi connectivity index (χ3n) is 3.43. The molecular formula is C13H15N3O2S. The van der Waals surface area contributed by atoms with Crippen molar-refractivity contribution in [2.24, 2.45) is 5.73 Å². The van der Waals surface area contributed by atoms with E-state index in [2.05, 4.69) is 9.97 Å². The Morgan fingerprint density at radius 2 is 1.89 bits per heavy atom. The van der Waals surface area contributed by atoms with Crippen molar-refractivity contribution in [1.29, 1.82) is 0 Å². The molecule has 0 radical (unpaired) electrons. The maximum Gasteiger partial charge on any atom is 0.175 e. The molecule has 1 saturated carbocycles. The highest BCUT2D eigenvalue weighted by atomic mass is 32.2. The van der Waals surface area contributed by atoms with Gasteiger partial charge in [-0.1, -0.05) is 12.1 Å². The Kier molecular flexibility index (Phi) is 2.55. The lowest BCUT2D eigenvalue weighted by Crippen LogP contribution is -2.20. The van der Waals surface area contributed by atoms with Crippen LogP contribution in [-0.2, 0) is 15.4 Å². The van der Waals surface area contributed by atoms with Crippen molar-refractivity contribution in [2.75, 3.05) is 6.26 Å². The lowest BCUT2D eigenvalue weighted by molar-refractivity contribution is 0.602. The number of nitrogens with zero attached hydrogens (tertiary/aromatic N) is 1. The average molecular weight is 277 g/mol. The molecule has 0 spiro atoms. The van der Waals surface area contributed by atoms with Gasteiger partial charge < -0.3 is 10.7 Å². The zero-order valence-corrected chi connectivity index (χ0v) is 11.4. The summed E-state index contributed by atoms with van der Waals surface area (Å²) in [4.78, 5) is 7.82. The number of hydrogen-bond acceptors (Lipinski definition) is 4. The number of nitrogens with one attached hydrogen (secondary N) is 1. The molecule has 1 fully saturated rings. The minimum atomic E-state index is -3.16. The number of nitrogens with two attached hydrogens (primary N) is 1. The predicted molar refractivity (Wildman–Crippen MR) is 72.2 cm³/mol. The van der Waals surface area contributed by atoms with E-state index in [1.54, 1.807) is 30.5 Å². The molecule has 100 valence electrons. The number of H-pyrrole nitrogens is 1. The smallest absolute Gasteiger partial charge is 0.175 e. The van der Waals surface area contributed by atoms with Crippen molar-refractivity contribution in [1.82, 2.24) is 9.97 Å². The largest absolute Gasteiger partial charge is 0.340 e. The fourth-order valence-electron chi connectivity index (χ4n) is 1.97. The van der Waals surface area contributed by atoms with Crippen LogP contribution in [0.5, 0.6) is 0 Å². The molecule has 0 unspecified atom stereocenters. The number of hydrogen-bond donors (Lipinski definition) is 2. The van der Waals surface area contributed by atoms with Crippen molar-refractivity contribution in [3.63, 3.8) is 0 Å². The highest BCUT2D eigenvalue weighted by Crippen LogP contribution is 2.41. The third-order valence-corrected chi connectivity index (χ3v) is 4.56. The van der Waals surface area contributed by atoms with Crippen LogP contribution in [0.4, 0.5) is 0 Å². The van der Waals surface area contributed by atoms with E-state index in [1.165, 1.54) is 6.26 Å². The van der Waals surface area contributed by atoms with Gasteiger partial charge in [0.1, 0.15) is 5.82 Å². The standard InChI is InChI=1S/C13H15N3O2S/c1-19(17,18)10-4-2-9(3-5-10)11-8-15-12(16-11)13(14)6-7-13/h2-5,8H,6-7,14H2,1H3,(H,15,16). The third kappa shape index (κ3) is 2.29. The number of sulfone groups is 1. The molecule has 1 aliphatic carbocycles. The summed E-state index contributed by atoms with van der Waals surface area (Å²) in [7, 11) is -3.16. The first-order valence-electron chi connectivity index (χ1n) is 6.03. The molecule has 0 atom stereocenters. The van der Waals surface area contributed by atoms with Crippen LogP contribution in [0.15, 0.2) is 35.4 Å². The van der Waals surface area contributed by atoms with Gasteiger partial charge in [0.25, 0.3) is 0 Å². The summed E-state index contributed by atoms with van der Waals surface area (Å²) in [5.74, 6) is 0.801. The zero-order valence-electron chi connectivity index (χ0n) is 10.6. The Bertz CT molecular complexity index is 713. The van der Waals surface area contributed by atoms with Crippen LogP contribution in [-0.4, -0.2) is 24.6 Å². The predicted octanol–water partition coefficient (Wildman–Crippen LogP) is 1.43. The second-order valence-corrected chi connectivity index (χ2v) is 7.11. The Labute approximate surface area is 111 Å². The molecule has 1 aliphatic rings. The van der Waals surface area contributed by atoms with Gasteiger partial charge in [-0.3, -0.25) is 0 Å². The molecule has 19 heavy (non-hydrogen) atoms. The Morgan fingerprint density at radius 1 is 1.26 bits per heavy atom. The SMILES string of the molecule is CS(=O)(=O)c1ccc(-c2cnc(C3(N)CC3)[nH]2)cc1. The topological polar surface area (TPSA) is 88.8 Å². The summed E-state index contributed by atoms with van der Waals surface area (Å²) in [6.45, 7) is 0. The monoisotopic (exact) mass is 277 g/mol. The summed E-state index contributed by atoms with van der Waals surface area (Å²) in [5.41, 5.74) is 7.53. The summed E-state index contributed by atoms with van der Waals surface area (Å²) in [6.07, 6.45) is 4.83. The van der Waals surface area contributed by atoms with Crippen LogP contribution in [0.25, 0.3) is 11.3 Å². The highest BCUT2D eigenvalue weighted by molar-refractivity contribution is 7.90. The highest BCUT2D eigenvalue weighted by Gasteiger charge is 2.42. The van der Waals surface area contributed by atoms with Gasteiger partial charge in [-0.15, -0.1) is 0 Å². The van der Waals surface area contributed by atoms with Gasteiger partial charge in [0.2, 0.25) is 0 Å². The number of rotatable bonds is 3. The van der Waals surface area contributed by atoms with Gasteiger partial charge >= 0.3 is 0 Å². The van der Waals surface area contributed by atoms with E-state index in [4.69, 9.17) is 5.73 Å². The molecule has 3 rings (SSSR count). The van der Waals surface area contributed by atoms with Crippen molar-refractivity contribution in [3.8, 4) is 11.3 Å². The minimum Gasteiger partial charge on any atom is -0.340 e. The second-order valence-electron chi connectivity index (χ2n) is 5.10. The van der Waals surface area contributed by atoms with Gasteiger partial charge in [0.05, 0.1) is 22.3 Å². The normalized spacial score (nSPS) is 17.4. The van der Waals surface area contributed by atoms with Gasteiger partial charge in [-0.05, 0) is 30.5 Å². The van der Waals surface area contributed by atoms with Crippen LogP contribution in [0, 0.1) is 0 Å². The zero-order chi connectivity index (χ0) is 13.7. The van der Waals surface area contributed by atoms with E-state index in [1.807, 2.05) is 0 Å². The molecule has 0 amide bonds. The maximum absolute atomic E-state index is 11.4. The van der Waals surface area contributed by atoms with Crippen LogP contribution < -0.4 is 5.73 Å². The van der Waals surface area contributed by atoms with E-state index >= 15 is 0 Å². The first-order chi connectivity index (χ1) is 8.88. The Hall–Kier alpha value is -1.66. The van der Waals surface area contributed by atoms with Gasteiger partial charge in [0, 0.05) is 6.26 Å². The van der Waals surface area contributed by atoms with Gasteiger partial charge in [-0.25, -0.2) is 13.4 Å². The molecular weight excluding hydrogens is 262 g/mol. The second kappa shape index (κ2) is 3.91. The Balaban J connectivity index is 1.92. The average Bonchev–Trinajstić information content (AvgIpc) is 2.93. The van der Waals surface area contributed by atoms with Crippen molar-refractivity contribution in [3.05, 3.63) is 36.3 Å². The molecule has 5 nitrogen and oxygen atoms in total. The van der Waals surface area contributed by atoms with E-state index in [0.717, 1.165) is 29.9 Å². The fourth-order valence-corrected chi connectivity index (χ4v) is 2.60. The number of aromatic amines is 1. The van der Waals surface area contributed by atoms with Gasteiger partial charge in [0.15, 0.2) is 9.84 Å². The van der Waals surface area contributed by atoms with Crippen LogP contribution in [0.1, 0.15) is 18.7 Å². The summed E-state index contributed by atoms with van der Waals surface area (Å²) >= 11 is 0. The van der Waals surface area contributed by atoms with E-state index in [-0.39, 0.29) is 5.54 Å². The van der Waals surface area contributed by atoms with Crippen LogP contribution in [0.3, 0.4) is 0 Å². The minimum absolute atomic E-state index is 0.287. The first kappa shape index (κ1) is 12.4. The summed E-state index contributed by atoms with van der Waals surface area (Å²) in [6, 6.07) is 6.73. The van der Waals surface area contributed by atoms with Crippen LogP contribution in [0.2, 0.25) is 0 Å². The lowest BCUT2D eigenvalue weighted by Gasteiger charge is -2.03. The number of aromatic nitrogens is 2. The number of benzene rings is 1. The first-order valence-corrected chi connectivity index (χ1v) is 7.92. The summed E-state index contributed by atoms with van der Waals surface area (Å²) < 4.78 is 22.8. The van der Waals surface area contributed by atoms with Crippen LogP contribution >= 0.6 is 0 Å². The molecule has 1 aromatic carbocycles. The molecule has 0 aliphatic heterocycles. The van der Waals surface area contributed by atoms with Gasteiger partial charge in [-0.2, -0.15) is 0 Å². The maximum atomic E-state index is 11.4. The van der Waals surface area contributed by atoms with E-state index in [0.29, 0.717) is 4.90 Å². The fraction of sp³-hybridized carbons (Fsp3) is 0.308. The summed E-state index contributed by atoms with van der Waals surface area (Å²) in [5, 5.41) is 0. The lowest BCUT2D eigenvalue weighted by atomic mass is 10.2. The number of imidazole rings is 1. The van der Waals surface area contributed by atoms with Crippen molar-refractivity contribution >= 4 is 9.84 Å². The van der Waals surface area contributed by atoms with E-state index < -0.39 is 9.84 Å². The molecule has 6 heteroatoms. The van der Waals surface area contributed by atoms with Crippen molar-refractivity contribution < 1.29 is 8.42 Å². The Morgan fingerprint density at radius 3 is 2.42 bits per heavy atom. The molecule has 2 aromatic rings. The molecule has 1 aromatic heterocycles. The molecule has 1 heterocycles. The molecule has 0 bridgehead atoms. The van der Waals surface area contributed by atoms with Crippen molar-refractivity contribution in [2.45, 2.75) is 23.3 Å². The molecule has 0 saturated heterocycles.